The predicted octanol–water partition coefficient (Wildman–Crippen LogP) is -18.3. The molecule has 0 saturated carbocycles. The van der Waals surface area contributed by atoms with Crippen molar-refractivity contribution in [1.29, 1.82) is 0 Å². The number of carbonyl (C=O) groups is 3. The molecule has 9 unspecified atom stereocenters. The van der Waals surface area contributed by atoms with Crippen molar-refractivity contribution in [2.75, 3.05) is 0 Å². The number of aliphatic hydroxyl groups is 21. The van der Waals surface area contributed by atoms with Crippen LogP contribution in [0.1, 0.15) is 0 Å². The SMILES string of the molecule is O=C([O-])C1(O)N(O)C2=CC=CC(O)C2(O)C(O)(O)C1(O)O.O=C([O-])C1(O)N(O)C2=CC=CC(O)C2(O)C(O)(O)C1(O)O.O=C([O-])C1(O)N(O)C2=CC=CC(O)C2(O)C(O)(O)C1(O)O.[Al+3]. The van der Waals surface area contributed by atoms with Gasteiger partial charge in [-0.25, -0.2) is 15.2 Å². The molecule has 0 bridgehead atoms. The van der Waals surface area contributed by atoms with E-state index in [0.29, 0.717) is 18.2 Å². The molecule has 24 N–H and O–H groups in total. The Kier molecular flexibility index (Phi) is 13.1. The van der Waals surface area contributed by atoms with Crippen molar-refractivity contribution in [3.8, 4) is 0 Å². The molecule has 3 aliphatic carbocycles. The number of carboxylic acids is 3. The van der Waals surface area contributed by atoms with Gasteiger partial charge < -0.3 is 137 Å². The summed E-state index contributed by atoms with van der Waals surface area (Å²) in [5, 5.41) is 265. The summed E-state index contributed by atoms with van der Waals surface area (Å²) in [6, 6.07) is 0. The van der Waals surface area contributed by atoms with Crippen LogP contribution in [0.5, 0.6) is 0 Å². The Hall–Kier alpha value is -4.18. The Morgan fingerprint density at radius 3 is 0.719 bits per heavy atom. The standard InChI is InChI=1S/3C10H13NO10.Al/c3*12-5-3-1-2-4-7(5,15)9(17,18)10(19,20)8(16,6(13)14)11(4)21;/h3*1-3,5,12,15-21H,(H,13,14);/q;;;+3/p-3. The summed E-state index contributed by atoms with van der Waals surface area (Å²) in [6.45, 7) is 0. The third-order valence-corrected chi connectivity index (χ3v) is 11.1. The van der Waals surface area contributed by atoms with Crippen LogP contribution in [0.15, 0.2) is 71.8 Å². The molecule has 34 heteroatoms. The average molecular weight is 946 g/mol. The van der Waals surface area contributed by atoms with Crippen LogP contribution in [0.2, 0.25) is 0 Å². The van der Waals surface area contributed by atoms with Gasteiger partial charge in [0.2, 0.25) is 0 Å². The topological polar surface area (TPSA) is 616 Å². The zero-order chi connectivity index (χ0) is 49.3. The van der Waals surface area contributed by atoms with E-state index in [2.05, 4.69) is 0 Å². The van der Waals surface area contributed by atoms with Crippen LogP contribution < -0.4 is 15.3 Å². The fourth-order valence-electron chi connectivity index (χ4n) is 7.04. The summed E-state index contributed by atoms with van der Waals surface area (Å²) in [4.78, 5) is 32.9. The van der Waals surface area contributed by atoms with E-state index in [4.69, 9.17) is 0 Å². The van der Waals surface area contributed by atoms with Gasteiger partial charge >= 0.3 is 17.4 Å². The number of piperidine rings is 3. The van der Waals surface area contributed by atoms with Crippen molar-refractivity contribution in [3.05, 3.63) is 71.8 Å². The average Bonchev–Trinajstić information content (AvgIpc) is 3.17. The number of carbonyl (C=O) groups excluding carboxylic acids is 3. The molecule has 6 rings (SSSR count). The van der Waals surface area contributed by atoms with Crippen LogP contribution >= 0.6 is 0 Å². The first-order valence-corrected chi connectivity index (χ1v) is 16.4. The predicted molar refractivity (Wildman–Crippen MR) is 174 cm³/mol. The third kappa shape index (κ3) is 5.84. The van der Waals surface area contributed by atoms with E-state index >= 15 is 0 Å². The number of aliphatic hydroxyl groups excluding tert-OH is 3. The van der Waals surface area contributed by atoms with Gasteiger partial charge in [0.1, 0.15) is 36.2 Å². The van der Waals surface area contributed by atoms with Gasteiger partial charge in [0.05, 0.1) is 17.1 Å². The number of fused-ring (bicyclic) bond motifs is 3. The van der Waals surface area contributed by atoms with E-state index in [1.54, 1.807) is 0 Å². The second-order valence-corrected chi connectivity index (χ2v) is 14.3. The molecule has 33 nitrogen and oxygen atoms in total. The Morgan fingerprint density at radius 1 is 0.391 bits per heavy atom. The van der Waals surface area contributed by atoms with Gasteiger partial charge in [-0.2, -0.15) is 0 Å². The second kappa shape index (κ2) is 15.5. The van der Waals surface area contributed by atoms with Crippen LogP contribution in [0, 0.1) is 0 Å². The van der Waals surface area contributed by atoms with Crippen molar-refractivity contribution in [1.82, 2.24) is 15.2 Å². The van der Waals surface area contributed by atoms with Crippen molar-refractivity contribution in [2.24, 2.45) is 0 Å². The summed E-state index contributed by atoms with van der Waals surface area (Å²) in [5.74, 6) is -34.1. The van der Waals surface area contributed by atoms with Crippen LogP contribution in [-0.2, 0) is 14.4 Å². The van der Waals surface area contributed by atoms with E-state index in [-0.39, 0.29) is 17.4 Å². The molecule has 0 radical (unpaired) electrons. The van der Waals surface area contributed by atoms with Gasteiger partial charge in [0.25, 0.3) is 51.9 Å². The van der Waals surface area contributed by atoms with Gasteiger partial charge in [0, 0.05) is 0 Å². The van der Waals surface area contributed by atoms with Gasteiger partial charge in [-0.05, 0) is 18.2 Å². The molecule has 0 aromatic rings. The second-order valence-electron chi connectivity index (χ2n) is 14.3. The Labute approximate surface area is 361 Å². The quantitative estimate of drug-likeness (QED) is 0.0922. The maximum Gasteiger partial charge on any atom is 3.00 e. The van der Waals surface area contributed by atoms with Crippen LogP contribution in [0.25, 0.3) is 0 Å². The maximum atomic E-state index is 11.0. The summed E-state index contributed by atoms with van der Waals surface area (Å²) in [6.07, 6.45) is 0.854. The third-order valence-electron chi connectivity index (χ3n) is 11.1. The van der Waals surface area contributed by atoms with Gasteiger partial charge in [-0.15, -0.1) is 0 Å². The molecule has 64 heavy (non-hydrogen) atoms. The Balaban J connectivity index is 0.000000253. The first-order chi connectivity index (χ1) is 28.1. The number of hydroxylamine groups is 6. The maximum absolute atomic E-state index is 11.0. The van der Waals surface area contributed by atoms with E-state index < -0.39 is 137 Å². The van der Waals surface area contributed by atoms with Crippen molar-refractivity contribution in [2.45, 2.75) is 87.0 Å². The van der Waals surface area contributed by atoms with Gasteiger partial charge in [-0.3, -0.25) is 15.6 Å². The first-order valence-electron chi connectivity index (χ1n) is 16.4. The fourth-order valence-corrected chi connectivity index (χ4v) is 7.04. The van der Waals surface area contributed by atoms with Gasteiger partial charge in [-0.1, -0.05) is 36.5 Å². The number of aliphatic carboxylic acids is 3. The summed E-state index contributed by atoms with van der Waals surface area (Å²) >= 11 is 0. The molecular weight excluding hydrogens is 909 g/mol. The van der Waals surface area contributed by atoms with Crippen molar-refractivity contribution in [3.63, 3.8) is 0 Å². The zero-order valence-electron chi connectivity index (χ0n) is 31.0. The van der Waals surface area contributed by atoms with Crippen LogP contribution in [-0.4, -0.2) is 260 Å². The molecule has 354 valence electrons. The molecule has 9 atom stereocenters. The van der Waals surface area contributed by atoms with E-state index in [9.17, 15) is 153 Å². The number of hydrogen-bond donors (Lipinski definition) is 24. The number of allylic oxidation sites excluding steroid dienone is 6. The number of nitrogens with zero attached hydrogens (tertiary/aromatic N) is 3. The van der Waals surface area contributed by atoms with E-state index in [0.717, 1.165) is 36.5 Å². The Morgan fingerprint density at radius 2 is 0.562 bits per heavy atom. The molecule has 6 aliphatic rings. The number of carboxylic acid groups (broad SMARTS) is 3. The molecule has 3 fully saturated rings. The molecule has 3 aliphatic heterocycles. The van der Waals surface area contributed by atoms with Crippen molar-refractivity contribution < 1.29 is 153 Å². The molecule has 0 aromatic carbocycles. The molecular formula is C30H36AlN3O30. The van der Waals surface area contributed by atoms with Crippen LogP contribution in [0.3, 0.4) is 0 Å². The smallest absolute Gasteiger partial charge is 0.545 e. The largest absolute Gasteiger partial charge is 3.00 e. The van der Waals surface area contributed by atoms with Gasteiger partial charge in [0.15, 0.2) is 16.8 Å². The Bertz CT molecular complexity index is 1900. The normalized spacial score (nSPS) is 39.8. The monoisotopic (exact) mass is 945 g/mol. The minimum atomic E-state index is -4.45. The molecule has 0 amide bonds. The summed E-state index contributed by atoms with van der Waals surface area (Å²) in [5.41, 5.74) is -25.9. The first kappa shape index (κ1) is 54.2. The molecule has 0 spiro atoms. The number of rotatable bonds is 3. The molecule has 0 aromatic heterocycles. The summed E-state index contributed by atoms with van der Waals surface area (Å²) < 4.78 is 0. The summed E-state index contributed by atoms with van der Waals surface area (Å²) in [7, 11) is 0. The zero-order valence-corrected chi connectivity index (χ0v) is 32.2. The van der Waals surface area contributed by atoms with Crippen LogP contribution in [0.4, 0.5) is 0 Å². The number of hydrogen-bond acceptors (Lipinski definition) is 33. The van der Waals surface area contributed by atoms with E-state index in [1.165, 1.54) is 0 Å². The fraction of sp³-hybridized carbons (Fsp3) is 0.500. The molecule has 3 saturated heterocycles. The van der Waals surface area contributed by atoms with E-state index in [1.807, 2.05) is 0 Å². The minimum Gasteiger partial charge on any atom is -0.545 e. The minimum absolute atomic E-state index is 0. The molecule has 3 heterocycles. The van der Waals surface area contributed by atoms with Crippen molar-refractivity contribution >= 4 is 35.3 Å².